The van der Waals surface area contributed by atoms with Crippen LogP contribution in [0.15, 0.2) is 151 Å². The number of hydrogen-bond acceptors (Lipinski definition) is 5. The average Bonchev–Trinajstić information content (AvgIpc) is 3.86. The summed E-state index contributed by atoms with van der Waals surface area (Å²) in [5.41, 5.74) is 9.13. The van der Waals surface area contributed by atoms with E-state index >= 15 is 0 Å². The molecule has 0 saturated heterocycles. The lowest BCUT2D eigenvalue weighted by molar-refractivity contribution is 0.428. The van der Waals surface area contributed by atoms with Gasteiger partial charge in [0.2, 0.25) is 0 Å². The van der Waals surface area contributed by atoms with E-state index in [1.807, 2.05) is 72.0 Å². The highest BCUT2D eigenvalue weighted by Crippen LogP contribution is 2.49. The monoisotopic (exact) mass is 672 g/mol. The molecule has 240 valence electrons. The maximum absolute atomic E-state index is 6.37. The lowest BCUT2D eigenvalue weighted by atomic mass is 9.87. The third-order valence-electron chi connectivity index (χ3n) is 10.2. The highest BCUT2D eigenvalue weighted by molar-refractivity contribution is 7.25. The second-order valence-corrected chi connectivity index (χ2v) is 14.3. The number of nitrogens with zero attached hydrogens (tertiary/aromatic N) is 4. The molecule has 1 atom stereocenters. The first-order valence-corrected chi connectivity index (χ1v) is 18.0. The molecular formula is C45H28N4OS. The summed E-state index contributed by atoms with van der Waals surface area (Å²) < 4.78 is 11.3. The molecule has 0 spiro atoms. The molecule has 0 bridgehead atoms. The van der Waals surface area contributed by atoms with E-state index in [1.54, 1.807) is 0 Å². The van der Waals surface area contributed by atoms with Crippen molar-refractivity contribution in [1.29, 1.82) is 0 Å². The van der Waals surface area contributed by atoms with Crippen LogP contribution in [0.2, 0.25) is 0 Å². The minimum Gasteiger partial charge on any atom is -0.461 e. The molecular weight excluding hydrogens is 645 g/mol. The standard InChI is InChI=1S/C45H28N4OS/c1-3-11-27(12-4-1)43-46-44(28-13-5-2-6-14-28)48-45(47-43)29-19-21-33-36-24-30(20-22-41(36)51-42(33)23-29)49-37-17-9-7-15-31(37)34-26-40-35(25-38(34)49)32-16-8-10-18-39(32)50-40/h1-24,26,35H,25H2. The van der Waals surface area contributed by atoms with Crippen molar-refractivity contribution in [2.45, 2.75) is 12.3 Å². The van der Waals surface area contributed by atoms with Gasteiger partial charge in [-0.25, -0.2) is 15.0 Å². The van der Waals surface area contributed by atoms with Gasteiger partial charge in [0, 0.05) is 71.2 Å². The van der Waals surface area contributed by atoms with Gasteiger partial charge in [0.05, 0.1) is 11.4 Å². The van der Waals surface area contributed by atoms with E-state index in [4.69, 9.17) is 19.7 Å². The number of fused-ring (bicyclic) bond motifs is 9. The summed E-state index contributed by atoms with van der Waals surface area (Å²) in [5.74, 6) is 4.24. The van der Waals surface area contributed by atoms with Crippen LogP contribution < -0.4 is 4.74 Å². The molecule has 11 rings (SSSR count). The number of benzene rings is 6. The molecule has 1 aliphatic carbocycles. The Bertz CT molecular complexity index is 2810. The van der Waals surface area contributed by atoms with Gasteiger partial charge in [-0.05, 0) is 42.5 Å². The van der Waals surface area contributed by atoms with Gasteiger partial charge in [-0.2, -0.15) is 0 Å². The minimum absolute atomic E-state index is 0.223. The summed E-state index contributed by atoms with van der Waals surface area (Å²) in [4.78, 5) is 14.8. The fourth-order valence-corrected chi connectivity index (χ4v) is 8.97. The van der Waals surface area contributed by atoms with Crippen molar-refractivity contribution in [3.63, 3.8) is 0 Å². The van der Waals surface area contributed by atoms with Crippen LogP contribution in [-0.2, 0) is 6.42 Å². The van der Waals surface area contributed by atoms with Crippen molar-refractivity contribution in [2.24, 2.45) is 0 Å². The van der Waals surface area contributed by atoms with Gasteiger partial charge in [-0.3, -0.25) is 0 Å². The Hall–Kier alpha value is -6.37. The molecule has 0 amide bonds. The Balaban J connectivity index is 1.04. The average molecular weight is 673 g/mol. The number of ether oxygens (including phenoxy) is 1. The van der Waals surface area contributed by atoms with Gasteiger partial charge >= 0.3 is 0 Å². The number of para-hydroxylation sites is 2. The number of hydrogen-bond donors (Lipinski definition) is 0. The van der Waals surface area contributed by atoms with Crippen molar-refractivity contribution in [3.05, 3.63) is 168 Å². The predicted octanol–water partition coefficient (Wildman–Crippen LogP) is 11.3. The highest BCUT2D eigenvalue weighted by atomic mass is 32.1. The van der Waals surface area contributed by atoms with Crippen LogP contribution in [0.4, 0.5) is 0 Å². The van der Waals surface area contributed by atoms with Crippen molar-refractivity contribution in [1.82, 2.24) is 19.5 Å². The maximum atomic E-state index is 6.37. The largest absolute Gasteiger partial charge is 0.461 e. The molecule has 4 heterocycles. The van der Waals surface area contributed by atoms with Crippen molar-refractivity contribution < 1.29 is 4.74 Å². The Morgan fingerprint density at radius 1 is 0.569 bits per heavy atom. The molecule has 6 aromatic carbocycles. The summed E-state index contributed by atoms with van der Waals surface area (Å²) in [6.45, 7) is 0. The molecule has 5 nitrogen and oxygen atoms in total. The predicted molar refractivity (Wildman–Crippen MR) is 207 cm³/mol. The third kappa shape index (κ3) is 4.50. The first-order valence-electron chi connectivity index (χ1n) is 17.2. The van der Waals surface area contributed by atoms with Crippen LogP contribution in [0.1, 0.15) is 22.7 Å². The van der Waals surface area contributed by atoms with Gasteiger partial charge < -0.3 is 9.30 Å². The van der Waals surface area contributed by atoms with E-state index in [2.05, 4.69) is 95.6 Å². The Labute approximate surface area is 297 Å². The molecule has 1 aliphatic heterocycles. The second kappa shape index (κ2) is 11.1. The van der Waals surface area contributed by atoms with E-state index in [1.165, 1.54) is 53.6 Å². The Morgan fingerprint density at radius 2 is 1.25 bits per heavy atom. The molecule has 0 saturated carbocycles. The fraction of sp³-hybridized carbons (Fsp3) is 0.0444. The molecule has 9 aromatic rings. The quantitative estimate of drug-likeness (QED) is 0.187. The lowest BCUT2D eigenvalue weighted by Gasteiger charge is -2.20. The summed E-state index contributed by atoms with van der Waals surface area (Å²) in [6.07, 6.45) is 3.16. The maximum Gasteiger partial charge on any atom is 0.164 e. The van der Waals surface area contributed by atoms with Crippen molar-refractivity contribution >= 4 is 48.5 Å². The fourth-order valence-electron chi connectivity index (χ4n) is 7.84. The van der Waals surface area contributed by atoms with Gasteiger partial charge in [0.25, 0.3) is 0 Å². The molecule has 3 aromatic heterocycles. The minimum atomic E-state index is 0.223. The molecule has 51 heavy (non-hydrogen) atoms. The topological polar surface area (TPSA) is 52.8 Å². The smallest absolute Gasteiger partial charge is 0.164 e. The van der Waals surface area contributed by atoms with Gasteiger partial charge in [-0.15, -0.1) is 11.3 Å². The van der Waals surface area contributed by atoms with Crippen molar-refractivity contribution in [3.8, 4) is 45.6 Å². The van der Waals surface area contributed by atoms with E-state index in [-0.39, 0.29) is 5.92 Å². The van der Waals surface area contributed by atoms with Crippen LogP contribution >= 0.6 is 11.3 Å². The summed E-state index contributed by atoms with van der Waals surface area (Å²) in [6, 6.07) is 51.0. The zero-order valence-electron chi connectivity index (χ0n) is 27.3. The van der Waals surface area contributed by atoms with E-state index in [9.17, 15) is 0 Å². The summed E-state index contributed by atoms with van der Waals surface area (Å²) in [5, 5.41) is 3.73. The van der Waals surface area contributed by atoms with Crippen LogP contribution in [-0.4, -0.2) is 19.5 Å². The summed E-state index contributed by atoms with van der Waals surface area (Å²) in [7, 11) is 0. The Kier molecular flexibility index (Phi) is 6.18. The zero-order valence-corrected chi connectivity index (χ0v) is 28.1. The molecule has 0 N–H and O–H groups in total. The molecule has 1 unspecified atom stereocenters. The van der Waals surface area contributed by atoms with Crippen LogP contribution in [0.5, 0.6) is 5.75 Å². The molecule has 2 aliphatic rings. The van der Waals surface area contributed by atoms with Gasteiger partial charge in [0.1, 0.15) is 11.5 Å². The number of allylic oxidation sites excluding steroid dienone is 1. The lowest BCUT2D eigenvalue weighted by Crippen LogP contribution is -2.12. The number of aromatic nitrogens is 4. The van der Waals surface area contributed by atoms with Crippen LogP contribution in [0.25, 0.3) is 77.0 Å². The first-order chi connectivity index (χ1) is 25.2. The summed E-state index contributed by atoms with van der Waals surface area (Å²) >= 11 is 1.81. The SMILES string of the molecule is C1=C2Oc3ccccc3C2Cc2c1c1ccccc1n2-c1ccc2sc3cc(-c4nc(-c5ccccc5)nc(-c5ccccc5)n4)ccc3c2c1. The molecule has 0 radical (unpaired) electrons. The highest BCUT2D eigenvalue weighted by Gasteiger charge is 2.35. The van der Waals surface area contributed by atoms with Crippen molar-refractivity contribution in [2.75, 3.05) is 0 Å². The second-order valence-electron chi connectivity index (χ2n) is 13.2. The first kappa shape index (κ1) is 28.5. The number of thiophene rings is 1. The van der Waals surface area contributed by atoms with Gasteiger partial charge in [-0.1, -0.05) is 109 Å². The van der Waals surface area contributed by atoms with E-state index < -0.39 is 0 Å². The van der Waals surface area contributed by atoms with Crippen LogP contribution in [0, 0.1) is 0 Å². The van der Waals surface area contributed by atoms with Gasteiger partial charge in [0.15, 0.2) is 17.5 Å². The van der Waals surface area contributed by atoms with E-state index in [0.29, 0.717) is 17.5 Å². The third-order valence-corrected chi connectivity index (χ3v) is 11.4. The normalized spacial score (nSPS) is 14.7. The molecule has 6 heteroatoms. The van der Waals surface area contributed by atoms with Crippen LogP contribution in [0.3, 0.4) is 0 Å². The molecule has 0 fully saturated rings. The zero-order chi connectivity index (χ0) is 33.5. The Morgan fingerprint density at radius 3 is 2.04 bits per heavy atom. The number of rotatable bonds is 4. The van der Waals surface area contributed by atoms with E-state index in [0.717, 1.165) is 34.6 Å².